The third-order valence-corrected chi connectivity index (χ3v) is 4.48. The third-order valence-electron chi connectivity index (χ3n) is 4.48. The Labute approximate surface area is 127 Å². The van der Waals surface area contributed by atoms with Gasteiger partial charge in [0.1, 0.15) is 0 Å². The van der Waals surface area contributed by atoms with Gasteiger partial charge in [0.15, 0.2) is 11.5 Å². The number of ether oxygens (including phenoxy) is 2. The van der Waals surface area contributed by atoms with Crippen LogP contribution in [0.15, 0.2) is 18.2 Å². The first-order valence-corrected chi connectivity index (χ1v) is 7.98. The lowest BCUT2D eigenvalue weighted by Gasteiger charge is -2.31. The normalized spacial score (nSPS) is 18.5. The van der Waals surface area contributed by atoms with Gasteiger partial charge in [-0.3, -0.25) is 4.90 Å². The molecule has 4 heteroatoms. The van der Waals surface area contributed by atoms with E-state index in [2.05, 4.69) is 36.2 Å². The highest BCUT2D eigenvalue weighted by Gasteiger charge is 2.27. The van der Waals surface area contributed by atoms with Crippen LogP contribution in [-0.4, -0.2) is 37.9 Å². The summed E-state index contributed by atoms with van der Waals surface area (Å²) in [5.74, 6) is 2.64. The predicted molar refractivity (Wildman–Crippen MR) is 83.8 cm³/mol. The third kappa shape index (κ3) is 3.50. The molecule has 0 amide bonds. The molecule has 1 atom stereocenters. The smallest absolute Gasteiger partial charge is 0.231 e. The van der Waals surface area contributed by atoms with Crippen LogP contribution in [-0.2, 0) is 0 Å². The van der Waals surface area contributed by atoms with Crippen molar-refractivity contribution in [3.05, 3.63) is 23.8 Å². The van der Waals surface area contributed by atoms with E-state index in [4.69, 9.17) is 9.47 Å². The second-order valence-corrected chi connectivity index (χ2v) is 6.44. The van der Waals surface area contributed by atoms with E-state index in [0.717, 1.165) is 24.0 Å². The highest BCUT2D eigenvalue weighted by molar-refractivity contribution is 5.45. The molecule has 1 aliphatic carbocycles. The quantitative estimate of drug-likeness (QED) is 0.837. The van der Waals surface area contributed by atoms with E-state index in [9.17, 15) is 0 Å². The summed E-state index contributed by atoms with van der Waals surface area (Å²) in [6, 6.07) is 7.17. The SMILES string of the molecule is CNC(CN(CC1CC1)C(C)C)c1ccc2c(c1)OCO2. The number of likely N-dealkylation sites (N-methyl/N-ethyl adjacent to an activating group) is 1. The van der Waals surface area contributed by atoms with Gasteiger partial charge >= 0.3 is 0 Å². The van der Waals surface area contributed by atoms with E-state index in [-0.39, 0.29) is 0 Å². The second kappa shape index (κ2) is 6.24. The summed E-state index contributed by atoms with van der Waals surface area (Å²) in [5, 5.41) is 3.45. The topological polar surface area (TPSA) is 33.7 Å². The zero-order chi connectivity index (χ0) is 14.8. The van der Waals surface area contributed by atoms with E-state index in [1.165, 1.54) is 24.9 Å². The van der Waals surface area contributed by atoms with Crippen molar-refractivity contribution in [2.24, 2.45) is 5.92 Å². The fraction of sp³-hybridized carbons (Fsp3) is 0.647. The van der Waals surface area contributed by atoms with Crippen molar-refractivity contribution in [3.63, 3.8) is 0 Å². The first kappa shape index (κ1) is 14.7. The number of hydrogen-bond donors (Lipinski definition) is 1. The average Bonchev–Trinajstić information content (AvgIpc) is 3.17. The predicted octanol–water partition coefficient (Wildman–Crippen LogP) is 2.80. The Bertz CT molecular complexity index is 486. The Morgan fingerprint density at radius 1 is 1.24 bits per heavy atom. The zero-order valence-electron chi connectivity index (χ0n) is 13.3. The van der Waals surface area contributed by atoms with Gasteiger partial charge in [-0.25, -0.2) is 0 Å². The highest BCUT2D eigenvalue weighted by Crippen LogP contribution is 2.35. The standard InChI is InChI=1S/C17H26N2O2/c1-12(2)19(9-13-4-5-13)10-15(18-3)14-6-7-16-17(8-14)21-11-20-16/h6-8,12-13,15,18H,4-5,9-11H2,1-3H3. The van der Waals surface area contributed by atoms with Crippen LogP contribution in [0.3, 0.4) is 0 Å². The van der Waals surface area contributed by atoms with Gasteiger partial charge in [0, 0.05) is 25.2 Å². The number of rotatable bonds is 7. The lowest BCUT2D eigenvalue weighted by molar-refractivity contribution is 0.173. The molecule has 21 heavy (non-hydrogen) atoms. The molecular weight excluding hydrogens is 264 g/mol. The highest BCUT2D eigenvalue weighted by atomic mass is 16.7. The molecule has 0 aromatic heterocycles. The molecule has 0 saturated heterocycles. The van der Waals surface area contributed by atoms with Crippen LogP contribution in [0.5, 0.6) is 11.5 Å². The van der Waals surface area contributed by atoms with Crippen molar-refractivity contribution in [2.45, 2.75) is 38.8 Å². The Kier molecular flexibility index (Phi) is 4.36. The van der Waals surface area contributed by atoms with Crippen molar-refractivity contribution in [1.29, 1.82) is 0 Å². The molecular formula is C17H26N2O2. The number of nitrogens with zero attached hydrogens (tertiary/aromatic N) is 1. The van der Waals surface area contributed by atoms with Gasteiger partial charge < -0.3 is 14.8 Å². The van der Waals surface area contributed by atoms with Crippen LogP contribution < -0.4 is 14.8 Å². The minimum atomic E-state index is 0.320. The minimum Gasteiger partial charge on any atom is -0.454 e. The molecule has 1 aliphatic heterocycles. The van der Waals surface area contributed by atoms with E-state index >= 15 is 0 Å². The van der Waals surface area contributed by atoms with Crippen molar-refractivity contribution in [2.75, 3.05) is 26.9 Å². The van der Waals surface area contributed by atoms with Gasteiger partial charge in [0.2, 0.25) is 6.79 Å². The summed E-state index contributed by atoms with van der Waals surface area (Å²) >= 11 is 0. The lowest BCUT2D eigenvalue weighted by atomic mass is 10.0. The van der Waals surface area contributed by atoms with Crippen LogP contribution in [0.4, 0.5) is 0 Å². The molecule has 4 nitrogen and oxygen atoms in total. The van der Waals surface area contributed by atoms with E-state index < -0.39 is 0 Å². The van der Waals surface area contributed by atoms with Crippen LogP contribution in [0.2, 0.25) is 0 Å². The minimum absolute atomic E-state index is 0.320. The van der Waals surface area contributed by atoms with Crippen LogP contribution in [0, 0.1) is 5.92 Å². The van der Waals surface area contributed by atoms with Crippen molar-refractivity contribution in [1.82, 2.24) is 10.2 Å². The molecule has 1 N–H and O–H groups in total. The Morgan fingerprint density at radius 2 is 2.00 bits per heavy atom. The molecule has 0 radical (unpaired) electrons. The first-order chi connectivity index (χ1) is 10.2. The van der Waals surface area contributed by atoms with Crippen molar-refractivity contribution in [3.8, 4) is 11.5 Å². The molecule has 3 rings (SSSR count). The first-order valence-electron chi connectivity index (χ1n) is 7.98. The summed E-state index contributed by atoms with van der Waals surface area (Å²) < 4.78 is 10.9. The van der Waals surface area contributed by atoms with E-state index in [1.54, 1.807) is 0 Å². The van der Waals surface area contributed by atoms with E-state index in [1.807, 2.05) is 13.1 Å². The Hall–Kier alpha value is -1.26. The Morgan fingerprint density at radius 3 is 2.67 bits per heavy atom. The van der Waals surface area contributed by atoms with E-state index in [0.29, 0.717) is 18.9 Å². The number of fused-ring (bicyclic) bond motifs is 1. The molecule has 1 aromatic rings. The van der Waals surface area contributed by atoms with Gasteiger partial charge in [0.25, 0.3) is 0 Å². The van der Waals surface area contributed by atoms with Crippen LogP contribution in [0.25, 0.3) is 0 Å². The molecule has 1 heterocycles. The van der Waals surface area contributed by atoms with Crippen molar-refractivity contribution < 1.29 is 9.47 Å². The largest absolute Gasteiger partial charge is 0.454 e. The number of hydrogen-bond acceptors (Lipinski definition) is 4. The summed E-state index contributed by atoms with van der Waals surface area (Å²) in [6.45, 7) is 7.16. The summed E-state index contributed by atoms with van der Waals surface area (Å²) in [6.07, 6.45) is 2.80. The monoisotopic (exact) mass is 290 g/mol. The molecule has 1 saturated carbocycles. The zero-order valence-corrected chi connectivity index (χ0v) is 13.3. The van der Waals surface area contributed by atoms with Gasteiger partial charge in [0.05, 0.1) is 0 Å². The van der Waals surface area contributed by atoms with Crippen LogP contribution in [0.1, 0.15) is 38.3 Å². The fourth-order valence-electron chi connectivity index (χ4n) is 2.86. The lowest BCUT2D eigenvalue weighted by Crippen LogP contribution is -2.39. The maximum atomic E-state index is 5.50. The van der Waals surface area contributed by atoms with Gasteiger partial charge in [-0.2, -0.15) is 0 Å². The molecule has 1 unspecified atom stereocenters. The molecule has 1 fully saturated rings. The van der Waals surface area contributed by atoms with Gasteiger partial charge in [-0.15, -0.1) is 0 Å². The maximum absolute atomic E-state index is 5.50. The summed E-state index contributed by atoms with van der Waals surface area (Å²) in [4.78, 5) is 2.59. The van der Waals surface area contributed by atoms with Gasteiger partial charge in [-0.1, -0.05) is 6.07 Å². The van der Waals surface area contributed by atoms with Crippen molar-refractivity contribution >= 4 is 0 Å². The maximum Gasteiger partial charge on any atom is 0.231 e. The molecule has 116 valence electrons. The van der Waals surface area contributed by atoms with Crippen LogP contribution >= 0.6 is 0 Å². The average molecular weight is 290 g/mol. The Balaban J connectivity index is 1.71. The summed E-state index contributed by atoms with van der Waals surface area (Å²) in [7, 11) is 2.03. The molecule has 2 aliphatic rings. The fourth-order valence-corrected chi connectivity index (χ4v) is 2.86. The number of benzene rings is 1. The molecule has 1 aromatic carbocycles. The molecule has 0 spiro atoms. The number of nitrogens with one attached hydrogen (secondary N) is 1. The summed E-state index contributed by atoms with van der Waals surface area (Å²) in [5.41, 5.74) is 1.27. The van der Waals surface area contributed by atoms with Gasteiger partial charge in [-0.05, 0) is 57.4 Å². The second-order valence-electron chi connectivity index (χ2n) is 6.44. The molecule has 0 bridgehead atoms.